The van der Waals surface area contributed by atoms with Gasteiger partial charge in [-0.15, -0.1) is 0 Å². The Morgan fingerprint density at radius 2 is 1.50 bits per heavy atom. The molecule has 1 aliphatic carbocycles. The average Bonchev–Trinajstić information content (AvgIpc) is 3.17. The summed E-state index contributed by atoms with van der Waals surface area (Å²) in [5.74, 6) is -2.09. The highest BCUT2D eigenvalue weighted by atomic mass is 16.4. The quantitative estimate of drug-likeness (QED) is 0.907. The van der Waals surface area contributed by atoms with Gasteiger partial charge in [-0.05, 0) is 17.5 Å². The van der Waals surface area contributed by atoms with Crippen molar-refractivity contribution < 1.29 is 19.5 Å². The van der Waals surface area contributed by atoms with Crippen LogP contribution in [-0.2, 0) is 9.59 Å². The highest BCUT2D eigenvalue weighted by Gasteiger charge is 2.66. The smallest absolute Gasteiger partial charge is 0.307 e. The summed E-state index contributed by atoms with van der Waals surface area (Å²) in [6.07, 6.45) is 0. The molecule has 24 heavy (non-hydrogen) atoms. The standard InChI is InChI=1S/C18H22N2O4/c1-18(2)13(14(18)17(23)24)16(22)20-10-8-19(9-11-20)15(21)12-6-4-3-5-7-12/h3-7,13-14H,8-11H2,1-2H3,(H,23,24)/t13-,14+/m1/s1. The number of carboxylic acid groups (broad SMARTS) is 1. The van der Waals surface area contributed by atoms with Crippen molar-refractivity contribution in [2.45, 2.75) is 13.8 Å². The Balaban J connectivity index is 1.59. The van der Waals surface area contributed by atoms with Crippen LogP contribution in [0, 0.1) is 17.3 Å². The number of hydrogen-bond donors (Lipinski definition) is 1. The second kappa shape index (κ2) is 5.92. The summed E-state index contributed by atoms with van der Waals surface area (Å²) < 4.78 is 0. The maximum atomic E-state index is 12.6. The molecule has 1 N–H and O–H groups in total. The van der Waals surface area contributed by atoms with Crippen LogP contribution in [0.15, 0.2) is 30.3 Å². The van der Waals surface area contributed by atoms with Crippen LogP contribution in [0.3, 0.4) is 0 Å². The minimum Gasteiger partial charge on any atom is -0.481 e. The van der Waals surface area contributed by atoms with Crippen LogP contribution in [-0.4, -0.2) is 58.9 Å². The number of carbonyl (C=O) groups is 3. The van der Waals surface area contributed by atoms with Crippen LogP contribution < -0.4 is 0 Å². The van der Waals surface area contributed by atoms with Crippen molar-refractivity contribution in [1.82, 2.24) is 9.80 Å². The molecule has 2 fully saturated rings. The van der Waals surface area contributed by atoms with Crippen molar-refractivity contribution in [1.29, 1.82) is 0 Å². The van der Waals surface area contributed by atoms with E-state index in [1.807, 2.05) is 32.0 Å². The molecule has 0 spiro atoms. The third-order valence-electron chi connectivity index (χ3n) is 5.26. The molecular formula is C18H22N2O4. The minimum absolute atomic E-state index is 0.0298. The van der Waals surface area contributed by atoms with Crippen LogP contribution in [0.5, 0.6) is 0 Å². The molecule has 2 amide bonds. The van der Waals surface area contributed by atoms with Crippen LogP contribution >= 0.6 is 0 Å². The molecule has 1 aromatic rings. The second-order valence-corrected chi connectivity index (χ2v) is 7.10. The van der Waals surface area contributed by atoms with Gasteiger partial charge in [-0.25, -0.2) is 0 Å². The van der Waals surface area contributed by atoms with Crippen LogP contribution in [0.25, 0.3) is 0 Å². The molecule has 0 unspecified atom stereocenters. The SMILES string of the molecule is CC1(C)[C@H](C(=O)O)[C@@H]1C(=O)N1CCN(C(=O)c2ccccc2)CC1. The van der Waals surface area contributed by atoms with Crippen LogP contribution in [0.4, 0.5) is 0 Å². The van der Waals surface area contributed by atoms with Gasteiger partial charge < -0.3 is 14.9 Å². The largest absolute Gasteiger partial charge is 0.481 e. The number of rotatable bonds is 3. The van der Waals surface area contributed by atoms with Gasteiger partial charge >= 0.3 is 5.97 Å². The summed E-state index contributed by atoms with van der Waals surface area (Å²) in [5, 5.41) is 9.22. The zero-order valence-electron chi connectivity index (χ0n) is 13.9. The molecular weight excluding hydrogens is 308 g/mol. The molecule has 0 bridgehead atoms. The third kappa shape index (κ3) is 2.77. The van der Waals surface area contributed by atoms with Crippen molar-refractivity contribution in [3.63, 3.8) is 0 Å². The molecule has 3 rings (SSSR count). The first kappa shape index (κ1) is 16.5. The second-order valence-electron chi connectivity index (χ2n) is 7.10. The fourth-order valence-electron chi connectivity index (χ4n) is 3.65. The summed E-state index contributed by atoms with van der Waals surface area (Å²) >= 11 is 0. The van der Waals surface area contributed by atoms with E-state index in [0.29, 0.717) is 31.7 Å². The van der Waals surface area contributed by atoms with Gasteiger partial charge in [0.2, 0.25) is 5.91 Å². The summed E-state index contributed by atoms with van der Waals surface area (Å²) in [4.78, 5) is 39.7. The van der Waals surface area contributed by atoms with Gasteiger partial charge in [-0.1, -0.05) is 32.0 Å². The first-order valence-electron chi connectivity index (χ1n) is 8.20. The first-order chi connectivity index (χ1) is 11.3. The molecule has 1 saturated carbocycles. The Hall–Kier alpha value is -2.37. The molecule has 0 radical (unpaired) electrons. The van der Waals surface area contributed by atoms with E-state index in [2.05, 4.69) is 0 Å². The number of aliphatic carboxylic acids is 1. The van der Waals surface area contributed by atoms with Gasteiger partial charge in [0.1, 0.15) is 0 Å². The van der Waals surface area contributed by atoms with E-state index >= 15 is 0 Å². The van der Waals surface area contributed by atoms with Gasteiger partial charge in [0.15, 0.2) is 0 Å². The molecule has 128 valence electrons. The molecule has 1 heterocycles. The summed E-state index contributed by atoms with van der Waals surface area (Å²) in [5.41, 5.74) is 0.159. The van der Waals surface area contributed by atoms with Crippen molar-refractivity contribution >= 4 is 17.8 Å². The Kier molecular flexibility index (Phi) is 4.07. The van der Waals surface area contributed by atoms with Crippen molar-refractivity contribution in [3.8, 4) is 0 Å². The van der Waals surface area contributed by atoms with E-state index in [0.717, 1.165) is 0 Å². The topological polar surface area (TPSA) is 77.9 Å². The number of carboxylic acids is 1. The Morgan fingerprint density at radius 3 is 2.00 bits per heavy atom. The van der Waals surface area contributed by atoms with Gasteiger partial charge in [0, 0.05) is 31.7 Å². The average molecular weight is 330 g/mol. The monoisotopic (exact) mass is 330 g/mol. The van der Waals surface area contributed by atoms with E-state index in [4.69, 9.17) is 0 Å². The molecule has 2 atom stereocenters. The summed E-state index contributed by atoms with van der Waals surface area (Å²) in [6.45, 7) is 5.51. The zero-order valence-corrected chi connectivity index (χ0v) is 13.9. The highest BCUT2D eigenvalue weighted by Crippen LogP contribution is 2.59. The summed E-state index contributed by atoms with van der Waals surface area (Å²) in [6, 6.07) is 9.08. The van der Waals surface area contributed by atoms with E-state index in [1.165, 1.54) is 0 Å². The maximum Gasteiger partial charge on any atom is 0.307 e. The van der Waals surface area contributed by atoms with Crippen molar-refractivity contribution in [3.05, 3.63) is 35.9 Å². The zero-order chi connectivity index (χ0) is 17.5. The fraction of sp³-hybridized carbons (Fsp3) is 0.500. The third-order valence-corrected chi connectivity index (χ3v) is 5.26. The molecule has 2 aliphatic rings. The lowest BCUT2D eigenvalue weighted by Crippen LogP contribution is -2.51. The number of piperazine rings is 1. The van der Waals surface area contributed by atoms with Crippen LogP contribution in [0.1, 0.15) is 24.2 Å². The molecule has 1 aliphatic heterocycles. The number of amides is 2. The molecule has 0 aromatic heterocycles. The molecule has 6 heteroatoms. The van der Waals surface area contributed by atoms with E-state index < -0.39 is 23.2 Å². The maximum absolute atomic E-state index is 12.6. The number of carbonyl (C=O) groups excluding carboxylic acids is 2. The molecule has 6 nitrogen and oxygen atoms in total. The lowest BCUT2D eigenvalue weighted by atomic mass is 10.1. The van der Waals surface area contributed by atoms with Gasteiger partial charge in [0.05, 0.1) is 11.8 Å². The molecule has 1 saturated heterocycles. The lowest BCUT2D eigenvalue weighted by Gasteiger charge is -2.35. The normalized spacial score (nSPS) is 25.2. The molecule has 1 aromatic carbocycles. The van der Waals surface area contributed by atoms with Gasteiger partial charge in [0.25, 0.3) is 5.91 Å². The van der Waals surface area contributed by atoms with Crippen molar-refractivity contribution in [2.24, 2.45) is 17.3 Å². The van der Waals surface area contributed by atoms with E-state index in [9.17, 15) is 19.5 Å². The van der Waals surface area contributed by atoms with E-state index in [-0.39, 0.29) is 11.8 Å². The lowest BCUT2D eigenvalue weighted by molar-refractivity contribution is -0.142. The number of nitrogens with zero attached hydrogens (tertiary/aromatic N) is 2. The summed E-state index contributed by atoms with van der Waals surface area (Å²) in [7, 11) is 0. The van der Waals surface area contributed by atoms with Gasteiger partial charge in [-0.2, -0.15) is 0 Å². The van der Waals surface area contributed by atoms with Crippen LogP contribution in [0.2, 0.25) is 0 Å². The van der Waals surface area contributed by atoms with Crippen molar-refractivity contribution in [2.75, 3.05) is 26.2 Å². The fourth-order valence-corrected chi connectivity index (χ4v) is 3.65. The first-order valence-corrected chi connectivity index (χ1v) is 8.20. The van der Waals surface area contributed by atoms with Gasteiger partial charge in [-0.3, -0.25) is 14.4 Å². The number of hydrogen-bond acceptors (Lipinski definition) is 3. The minimum atomic E-state index is -0.906. The Bertz CT molecular complexity index is 663. The Labute approximate surface area is 141 Å². The predicted molar refractivity (Wildman–Crippen MR) is 87.3 cm³/mol. The van der Waals surface area contributed by atoms with E-state index in [1.54, 1.807) is 21.9 Å². The predicted octanol–water partition coefficient (Wildman–Crippen LogP) is 1.33. The Morgan fingerprint density at radius 1 is 0.958 bits per heavy atom. The number of benzene rings is 1. The highest BCUT2D eigenvalue weighted by molar-refractivity contribution is 5.95.